The maximum absolute atomic E-state index is 12.1. The Kier molecular flexibility index (Phi) is 7.33. The first-order valence-electron chi connectivity index (χ1n) is 7.10. The average molecular weight is 411 g/mol. The molecule has 25 heavy (non-hydrogen) atoms. The van der Waals surface area contributed by atoms with E-state index in [9.17, 15) is 18.0 Å². The lowest BCUT2D eigenvalue weighted by molar-refractivity contribution is -0.118. The van der Waals surface area contributed by atoms with Crippen LogP contribution in [0.4, 0.5) is 18.3 Å². The summed E-state index contributed by atoms with van der Waals surface area (Å²) in [6.07, 6.45) is -3.64. The second-order valence-corrected chi connectivity index (χ2v) is 7.49. The summed E-state index contributed by atoms with van der Waals surface area (Å²) in [5.41, 5.74) is 1.06. The fraction of sp³-hybridized carbons (Fsp3) is 0.357. The summed E-state index contributed by atoms with van der Waals surface area (Å²) >= 11 is 7.90. The molecule has 2 rings (SSSR count). The summed E-state index contributed by atoms with van der Waals surface area (Å²) in [6, 6.07) is 7.35. The third-order valence-corrected chi connectivity index (χ3v) is 5.09. The molecule has 0 fully saturated rings. The van der Waals surface area contributed by atoms with Gasteiger partial charge in [0.1, 0.15) is 6.54 Å². The van der Waals surface area contributed by atoms with Gasteiger partial charge in [-0.3, -0.25) is 4.79 Å². The fourth-order valence-corrected chi connectivity index (χ4v) is 3.39. The van der Waals surface area contributed by atoms with E-state index in [1.807, 2.05) is 12.1 Å². The molecule has 0 atom stereocenters. The van der Waals surface area contributed by atoms with E-state index in [0.29, 0.717) is 22.3 Å². The van der Waals surface area contributed by atoms with Crippen molar-refractivity contribution >= 4 is 45.7 Å². The molecule has 1 aromatic carbocycles. The molecule has 0 unspecified atom stereocenters. The number of carbonyl (C=O) groups excluding carboxylic acids is 1. The standard InChI is InChI=1S/C14H14ClF3N4OS2/c15-10-3-1-9(2-4-10)5-6-19-11(23)7-24-13-22-21-12(25-13)20-8-14(16,17)18/h1-4H,5-8H2,(H,19,23)(H,20,21). The van der Waals surface area contributed by atoms with Crippen LogP contribution in [0.25, 0.3) is 0 Å². The quantitative estimate of drug-likeness (QED) is 0.651. The molecule has 1 aromatic heterocycles. The lowest BCUT2D eigenvalue weighted by Gasteiger charge is -2.05. The number of anilines is 1. The first kappa shape index (κ1) is 19.8. The number of benzene rings is 1. The Morgan fingerprint density at radius 2 is 1.96 bits per heavy atom. The van der Waals surface area contributed by atoms with Crippen LogP contribution in [-0.4, -0.2) is 41.1 Å². The SMILES string of the molecule is O=C(CSc1nnc(NCC(F)(F)F)s1)NCCc1ccc(Cl)cc1. The molecule has 136 valence electrons. The monoisotopic (exact) mass is 410 g/mol. The third kappa shape index (κ3) is 7.93. The first-order chi connectivity index (χ1) is 11.8. The molecule has 0 aliphatic carbocycles. The largest absolute Gasteiger partial charge is 0.405 e. The number of carbonyl (C=O) groups is 1. The highest BCUT2D eigenvalue weighted by atomic mass is 35.5. The highest BCUT2D eigenvalue weighted by molar-refractivity contribution is 8.01. The van der Waals surface area contributed by atoms with Crippen LogP contribution in [0.1, 0.15) is 5.56 Å². The number of alkyl halides is 3. The molecule has 1 heterocycles. The molecule has 2 N–H and O–H groups in total. The van der Waals surface area contributed by atoms with E-state index in [1.54, 1.807) is 12.1 Å². The summed E-state index contributed by atoms with van der Waals surface area (Å²) in [7, 11) is 0. The summed E-state index contributed by atoms with van der Waals surface area (Å²) in [6.45, 7) is -0.687. The summed E-state index contributed by atoms with van der Waals surface area (Å²) < 4.78 is 36.7. The van der Waals surface area contributed by atoms with E-state index in [2.05, 4.69) is 20.8 Å². The van der Waals surface area contributed by atoms with Crippen molar-refractivity contribution < 1.29 is 18.0 Å². The Bertz CT molecular complexity index is 694. The lowest BCUT2D eigenvalue weighted by Crippen LogP contribution is -2.27. The zero-order chi connectivity index (χ0) is 18.3. The molecule has 5 nitrogen and oxygen atoms in total. The van der Waals surface area contributed by atoms with Crippen molar-refractivity contribution in [3.05, 3.63) is 34.9 Å². The van der Waals surface area contributed by atoms with Gasteiger partial charge in [-0.1, -0.05) is 46.8 Å². The number of amides is 1. The second kappa shape index (κ2) is 9.25. The molecule has 0 spiro atoms. The number of hydrogen-bond donors (Lipinski definition) is 2. The Balaban J connectivity index is 1.66. The molecule has 0 aliphatic rings. The van der Waals surface area contributed by atoms with Crippen LogP contribution < -0.4 is 10.6 Å². The topological polar surface area (TPSA) is 66.9 Å². The van der Waals surface area contributed by atoms with Gasteiger partial charge in [0.2, 0.25) is 11.0 Å². The molecule has 2 aromatic rings. The Labute approximate surface area is 155 Å². The van der Waals surface area contributed by atoms with E-state index >= 15 is 0 Å². The third-order valence-electron chi connectivity index (χ3n) is 2.82. The summed E-state index contributed by atoms with van der Waals surface area (Å²) in [4.78, 5) is 11.8. The minimum absolute atomic E-state index is 0.0722. The van der Waals surface area contributed by atoms with E-state index in [4.69, 9.17) is 11.6 Å². The van der Waals surface area contributed by atoms with Crippen molar-refractivity contribution in [3.63, 3.8) is 0 Å². The maximum Gasteiger partial charge on any atom is 0.405 e. The highest BCUT2D eigenvalue weighted by Gasteiger charge is 2.27. The fourth-order valence-electron chi connectivity index (χ4n) is 1.69. The molecule has 1 amide bonds. The van der Waals surface area contributed by atoms with Crippen LogP contribution in [-0.2, 0) is 11.2 Å². The zero-order valence-electron chi connectivity index (χ0n) is 12.8. The smallest absolute Gasteiger partial charge is 0.355 e. The minimum atomic E-state index is -4.32. The van der Waals surface area contributed by atoms with Gasteiger partial charge in [-0.05, 0) is 24.1 Å². The molecule has 0 radical (unpaired) electrons. The number of halogens is 4. The Morgan fingerprint density at radius 3 is 2.64 bits per heavy atom. The number of nitrogens with zero attached hydrogens (tertiary/aromatic N) is 2. The van der Waals surface area contributed by atoms with Gasteiger partial charge in [0, 0.05) is 11.6 Å². The van der Waals surface area contributed by atoms with Gasteiger partial charge in [0.15, 0.2) is 4.34 Å². The molecule has 0 bridgehead atoms. The van der Waals surface area contributed by atoms with Crippen LogP contribution >= 0.6 is 34.7 Å². The zero-order valence-corrected chi connectivity index (χ0v) is 15.2. The predicted octanol–water partition coefficient (Wildman–Crippen LogP) is 3.62. The van der Waals surface area contributed by atoms with Gasteiger partial charge in [-0.2, -0.15) is 13.2 Å². The van der Waals surface area contributed by atoms with Crippen LogP contribution in [0.3, 0.4) is 0 Å². The van der Waals surface area contributed by atoms with Crippen molar-refractivity contribution in [3.8, 4) is 0 Å². The first-order valence-corrected chi connectivity index (χ1v) is 9.28. The van der Waals surface area contributed by atoms with E-state index in [-0.39, 0.29) is 16.8 Å². The minimum Gasteiger partial charge on any atom is -0.355 e. The van der Waals surface area contributed by atoms with Crippen LogP contribution in [0, 0.1) is 0 Å². The molecule has 0 saturated carbocycles. The molecular weight excluding hydrogens is 397 g/mol. The molecular formula is C14H14ClF3N4OS2. The summed E-state index contributed by atoms with van der Waals surface area (Å²) in [5.74, 6) is -0.0619. The molecule has 0 saturated heterocycles. The second-order valence-electron chi connectivity index (χ2n) is 4.86. The van der Waals surface area contributed by atoms with Gasteiger partial charge >= 0.3 is 6.18 Å². The number of aromatic nitrogens is 2. The lowest BCUT2D eigenvalue weighted by atomic mass is 10.1. The average Bonchev–Trinajstić information content (AvgIpc) is 3.00. The van der Waals surface area contributed by atoms with E-state index in [0.717, 1.165) is 28.7 Å². The van der Waals surface area contributed by atoms with Gasteiger partial charge in [-0.15, -0.1) is 10.2 Å². The molecule has 11 heteroatoms. The highest BCUT2D eigenvalue weighted by Crippen LogP contribution is 2.26. The van der Waals surface area contributed by atoms with Crippen molar-refractivity contribution in [2.45, 2.75) is 16.9 Å². The number of thioether (sulfide) groups is 1. The van der Waals surface area contributed by atoms with Crippen LogP contribution in [0.15, 0.2) is 28.6 Å². The van der Waals surface area contributed by atoms with E-state index in [1.165, 1.54) is 0 Å². The van der Waals surface area contributed by atoms with Crippen molar-refractivity contribution in [2.75, 3.05) is 24.2 Å². The Morgan fingerprint density at radius 1 is 1.24 bits per heavy atom. The molecule has 0 aliphatic heterocycles. The number of hydrogen-bond acceptors (Lipinski definition) is 6. The summed E-state index contributed by atoms with van der Waals surface area (Å²) in [5, 5.41) is 13.0. The van der Waals surface area contributed by atoms with Gasteiger partial charge in [0.05, 0.1) is 5.75 Å². The predicted molar refractivity (Wildman–Crippen MR) is 93.3 cm³/mol. The van der Waals surface area contributed by atoms with E-state index < -0.39 is 12.7 Å². The van der Waals surface area contributed by atoms with Crippen LogP contribution in [0.2, 0.25) is 5.02 Å². The van der Waals surface area contributed by atoms with Crippen molar-refractivity contribution in [2.24, 2.45) is 0 Å². The Hall–Kier alpha value is -1.52. The number of rotatable bonds is 8. The van der Waals surface area contributed by atoms with Crippen molar-refractivity contribution in [1.82, 2.24) is 15.5 Å². The normalized spacial score (nSPS) is 11.4. The van der Waals surface area contributed by atoms with Crippen molar-refractivity contribution in [1.29, 1.82) is 0 Å². The van der Waals surface area contributed by atoms with Crippen LogP contribution in [0.5, 0.6) is 0 Å². The van der Waals surface area contributed by atoms with Gasteiger partial charge in [0.25, 0.3) is 0 Å². The number of nitrogens with one attached hydrogen (secondary N) is 2. The van der Waals surface area contributed by atoms with Gasteiger partial charge in [-0.25, -0.2) is 0 Å². The van der Waals surface area contributed by atoms with Gasteiger partial charge < -0.3 is 10.6 Å². The maximum atomic E-state index is 12.1.